The number of hydrogen-bond donors (Lipinski definition) is 3. The van der Waals surface area contributed by atoms with Crippen LogP contribution >= 0.6 is 0 Å². The molecule has 0 saturated carbocycles. The Bertz CT molecular complexity index is 451. The summed E-state index contributed by atoms with van der Waals surface area (Å²) in [5.74, 6) is -1.64. The molecule has 15 nitrogen and oxygen atoms in total. The van der Waals surface area contributed by atoms with Crippen LogP contribution in [0.1, 0.15) is 47.0 Å². The summed E-state index contributed by atoms with van der Waals surface area (Å²) in [5.41, 5.74) is 0. The van der Waals surface area contributed by atoms with Crippen molar-refractivity contribution in [2.45, 2.75) is 47.0 Å². The highest BCUT2D eigenvalue weighted by Gasteiger charge is 2.07. The number of methoxy groups -OCH3 is 8. The van der Waals surface area contributed by atoms with Crippen LogP contribution in [0.15, 0.2) is 0 Å². The molecule has 0 aliphatic rings. The second-order valence-corrected chi connectivity index (χ2v) is 6.83. The summed E-state index contributed by atoms with van der Waals surface area (Å²) in [6.07, 6.45) is 2.17. The number of rotatable bonds is 10. The maximum Gasteiger partial charge on any atom is 0.319 e. The van der Waals surface area contributed by atoms with Crippen molar-refractivity contribution in [3.05, 3.63) is 0 Å². The van der Waals surface area contributed by atoms with E-state index in [1.54, 1.807) is 42.6 Å². The van der Waals surface area contributed by atoms with E-state index in [0.29, 0.717) is 13.5 Å². The van der Waals surface area contributed by atoms with Crippen molar-refractivity contribution >= 4 is 23.9 Å². The fourth-order valence-corrected chi connectivity index (χ4v) is 0.991. The Morgan fingerprint density at radius 1 is 0.571 bits per heavy atom. The third kappa shape index (κ3) is 146. The van der Waals surface area contributed by atoms with Crippen LogP contribution in [-0.2, 0) is 57.1 Å². The van der Waals surface area contributed by atoms with Gasteiger partial charge in [-0.2, -0.15) is 0 Å². The normalized spacial score (nSPS) is 7.81. The molecule has 260 valence electrons. The Balaban J connectivity index is -0.0000000538. The van der Waals surface area contributed by atoms with Gasteiger partial charge in [-0.15, -0.1) is 0 Å². The maximum absolute atomic E-state index is 10.3. The van der Waals surface area contributed by atoms with Gasteiger partial charge in [-0.3, -0.25) is 24.5 Å². The molecule has 0 bridgehead atoms. The van der Waals surface area contributed by atoms with Crippen LogP contribution in [0.5, 0.6) is 0 Å². The summed E-state index contributed by atoms with van der Waals surface area (Å²) in [7, 11) is 18.7. The molecule has 0 unspecified atom stereocenters. The van der Waals surface area contributed by atoms with E-state index in [0.717, 1.165) is 6.54 Å². The average molecular weight is 624 g/mol. The van der Waals surface area contributed by atoms with Gasteiger partial charge in [0.2, 0.25) is 0 Å². The summed E-state index contributed by atoms with van der Waals surface area (Å²) in [6.45, 7) is 10.2. The molecule has 0 aromatic rings. The van der Waals surface area contributed by atoms with Gasteiger partial charge in [-0.25, -0.2) is 0 Å². The molecule has 0 saturated heterocycles. The first-order chi connectivity index (χ1) is 19.9. The van der Waals surface area contributed by atoms with E-state index < -0.39 is 11.9 Å². The lowest BCUT2D eigenvalue weighted by atomic mass is 10.4. The fourth-order valence-electron chi connectivity index (χ4n) is 0.991. The van der Waals surface area contributed by atoms with E-state index in [1.807, 2.05) is 14.1 Å². The molecular weight excluding hydrogens is 558 g/mol. The lowest BCUT2D eigenvalue weighted by molar-refractivity contribution is -0.151. The van der Waals surface area contributed by atoms with Gasteiger partial charge in [-0.1, -0.05) is 27.2 Å². The number of hydrogen-bond acceptors (Lipinski definition) is 15. The van der Waals surface area contributed by atoms with E-state index in [1.165, 1.54) is 48.2 Å². The topological polar surface area (TPSA) is 178 Å². The molecule has 0 amide bonds. The van der Waals surface area contributed by atoms with Gasteiger partial charge >= 0.3 is 23.9 Å². The van der Waals surface area contributed by atoms with Gasteiger partial charge in [0.05, 0.1) is 41.7 Å². The number of nitrogens with one attached hydrogen (secondary N) is 3. The Hall–Kier alpha value is -2.40. The van der Waals surface area contributed by atoms with Crippen LogP contribution in [0.3, 0.4) is 0 Å². The molecule has 0 aromatic heterocycles. The van der Waals surface area contributed by atoms with Crippen molar-refractivity contribution < 1.29 is 57.1 Å². The zero-order valence-corrected chi connectivity index (χ0v) is 29.3. The largest absolute Gasteiger partial charge is 0.469 e. The SMILES string of the molecule is CCC.CCCNC.CNCC(=O)OC.CNCOC.COC.COC(=O)CC(=O)OC.COC(C)=O.COCOC. The average Bonchev–Trinajstić information content (AvgIpc) is 2.96. The molecule has 0 radical (unpaired) electrons. The van der Waals surface area contributed by atoms with Gasteiger partial charge in [0.1, 0.15) is 13.2 Å². The summed E-state index contributed by atoms with van der Waals surface area (Å²) in [4.78, 5) is 40.2. The number of esters is 4. The zero-order chi connectivity index (χ0) is 35.0. The highest BCUT2D eigenvalue weighted by Crippen LogP contribution is 1.85. The highest BCUT2D eigenvalue weighted by atomic mass is 16.6. The molecule has 15 heteroatoms. The molecule has 3 N–H and O–H groups in total. The smallest absolute Gasteiger partial charge is 0.319 e. The molecule has 0 atom stereocenters. The third-order valence-electron chi connectivity index (χ3n) is 2.60. The van der Waals surface area contributed by atoms with E-state index in [4.69, 9.17) is 0 Å². The molecule has 0 rings (SSSR count). The maximum atomic E-state index is 10.3. The Labute approximate surface area is 255 Å². The van der Waals surface area contributed by atoms with Crippen LogP contribution in [-0.4, -0.2) is 136 Å². The summed E-state index contributed by atoms with van der Waals surface area (Å²) >= 11 is 0. The molecule has 0 aliphatic heterocycles. The Morgan fingerprint density at radius 2 is 0.929 bits per heavy atom. The molecule has 42 heavy (non-hydrogen) atoms. The fraction of sp³-hybridized carbons (Fsp3) is 0.852. The van der Waals surface area contributed by atoms with Crippen LogP contribution < -0.4 is 16.0 Å². The van der Waals surface area contributed by atoms with Crippen molar-refractivity contribution in [3.63, 3.8) is 0 Å². The van der Waals surface area contributed by atoms with E-state index >= 15 is 0 Å². The number of carbonyl (C=O) groups is 4. The van der Waals surface area contributed by atoms with Gasteiger partial charge in [0.15, 0.2) is 0 Å². The quantitative estimate of drug-likeness (QED) is 0.138. The Morgan fingerprint density at radius 3 is 1.00 bits per heavy atom. The summed E-state index contributed by atoms with van der Waals surface area (Å²) in [5, 5.41) is 8.46. The first kappa shape index (κ1) is 59.1. The van der Waals surface area contributed by atoms with Gasteiger partial charge < -0.3 is 48.5 Å². The van der Waals surface area contributed by atoms with E-state index in [9.17, 15) is 19.2 Å². The molecule has 0 heterocycles. The number of likely N-dealkylation sites (N-methyl/N-ethyl adjacent to an activating group) is 1. The first-order valence-electron chi connectivity index (χ1n) is 12.9. The van der Waals surface area contributed by atoms with Crippen LogP contribution in [0.25, 0.3) is 0 Å². The predicted octanol–water partition coefficient (Wildman–Crippen LogP) is 1.62. The molecular formula is C27H65N3O12. The van der Waals surface area contributed by atoms with Crippen molar-refractivity contribution in [1.82, 2.24) is 16.0 Å². The van der Waals surface area contributed by atoms with E-state index in [-0.39, 0.29) is 24.9 Å². The molecule has 0 aromatic carbocycles. The minimum Gasteiger partial charge on any atom is -0.469 e. The number of ether oxygens (including phenoxy) is 8. The van der Waals surface area contributed by atoms with Gasteiger partial charge in [0.25, 0.3) is 0 Å². The van der Waals surface area contributed by atoms with Crippen molar-refractivity contribution in [3.8, 4) is 0 Å². The monoisotopic (exact) mass is 623 g/mol. The van der Waals surface area contributed by atoms with Crippen LogP contribution in [0.4, 0.5) is 0 Å². The predicted molar refractivity (Wildman–Crippen MR) is 165 cm³/mol. The van der Waals surface area contributed by atoms with Crippen LogP contribution in [0.2, 0.25) is 0 Å². The minimum atomic E-state index is -0.582. The minimum absolute atomic E-state index is 0.234. The Kier molecular flexibility index (Phi) is 101. The standard InChI is InChI=1S/C5H8O4.C4H9NO2.C4H11N.C3H9NO.C3H8O2.C3H6O2.C3H8.C2H6O/c1-8-4(6)3-5(7)9-2;1-5-3-4(6)7-2;1-3-4-5-2;2*1-4-3-5-2;1-3(4)5-2;2*1-3-2/h3H2,1-2H3;5H,3H2,1-2H3;5H,3-4H2,1-2H3;4H,3H2,1-2H3;3H2,1-2H3;1-2H3;3H2,1-2H3;1-2H3. The molecule has 0 aliphatic carbocycles. The van der Waals surface area contributed by atoms with Crippen molar-refractivity contribution in [2.75, 3.05) is 112 Å². The second-order valence-electron chi connectivity index (χ2n) is 6.83. The number of carbonyl (C=O) groups excluding carboxylic acids is 4. The first-order valence-corrected chi connectivity index (χ1v) is 12.9. The lowest BCUT2D eigenvalue weighted by Crippen LogP contribution is -2.19. The zero-order valence-electron chi connectivity index (χ0n) is 29.3. The van der Waals surface area contributed by atoms with Crippen molar-refractivity contribution in [2.24, 2.45) is 0 Å². The second kappa shape index (κ2) is 71.6. The molecule has 0 fully saturated rings. The summed E-state index contributed by atoms with van der Waals surface area (Å²) in [6, 6.07) is 0. The lowest BCUT2D eigenvalue weighted by Gasteiger charge is -1.95. The summed E-state index contributed by atoms with van der Waals surface area (Å²) < 4.78 is 34.5. The van der Waals surface area contributed by atoms with Crippen LogP contribution in [0, 0.1) is 0 Å². The van der Waals surface area contributed by atoms with Gasteiger partial charge in [-0.05, 0) is 34.1 Å². The highest BCUT2D eigenvalue weighted by molar-refractivity contribution is 5.90. The van der Waals surface area contributed by atoms with Gasteiger partial charge in [0, 0.05) is 42.5 Å². The van der Waals surface area contributed by atoms with Crippen molar-refractivity contribution in [1.29, 1.82) is 0 Å². The molecule has 0 spiro atoms. The van der Waals surface area contributed by atoms with E-state index in [2.05, 4.69) is 74.6 Å². The third-order valence-corrected chi connectivity index (χ3v) is 2.60.